The van der Waals surface area contributed by atoms with E-state index in [1.54, 1.807) is 24.4 Å². The molecule has 1 aliphatic heterocycles. The monoisotopic (exact) mass is 328 g/mol. The van der Waals surface area contributed by atoms with Crippen molar-refractivity contribution in [2.24, 2.45) is 0 Å². The molecule has 0 radical (unpaired) electrons. The molecular formula is C17H17FN4O2. The van der Waals surface area contributed by atoms with Crippen LogP contribution in [-0.4, -0.2) is 41.5 Å². The van der Waals surface area contributed by atoms with Crippen LogP contribution in [0.15, 0.2) is 42.6 Å². The van der Waals surface area contributed by atoms with Crippen molar-refractivity contribution < 1.29 is 14.0 Å². The predicted molar refractivity (Wildman–Crippen MR) is 88.3 cm³/mol. The fourth-order valence-corrected chi connectivity index (χ4v) is 2.55. The van der Waals surface area contributed by atoms with Gasteiger partial charge in [0.2, 0.25) is 5.91 Å². The number of urea groups is 1. The first-order valence-corrected chi connectivity index (χ1v) is 7.57. The van der Waals surface area contributed by atoms with Crippen LogP contribution in [0.25, 0.3) is 0 Å². The lowest BCUT2D eigenvalue weighted by Gasteiger charge is -2.18. The van der Waals surface area contributed by atoms with Gasteiger partial charge < -0.3 is 10.2 Å². The Morgan fingerprint density at radius 3 is 2.71 bits per heavy atom. The Morgan fingerprint density at radius 1 is 1.25 bits per heavy atom. The highest BCUT2D eigenvalue weighted by Crippen LogP contribution is 2.20. The molecule has 1 saturated heterocycles. The molecule has 3 rings (SSSR count). The van der Waals surface area contributed by atoms with E-state index in [0.29, 0.717) is 24.6 Å². The first-order chi connectivity index (χ1) is 11.5. The number of carbonyl (C=O) groups is 2. The topological polar surface area (TPSA) is 65.5 Å². The number of hydrogen-bond donors (Lipinski definition) is 1. The molecule has 6 nitrogen and oxygen atoms in total. The van der Waals surface area contributed by atoms with E-state index < -0.39 is 0 Å². The van der Waals surface area contributed by atoms with Gasteiger partial charge in [-0.05, 0) is 48.9 Å². The zero-order chi connectivity index (χ0) is 17.1. The number of rotatable bonds is 4. The highest BCUT2D eigenvalue weighted by molar-refractivity contribution is 5.99. The Balaban J connectivity index is 1.61. The largest absolute Gasteiger partial charge is 0.325 e. The van der Waals surface area contributed by atoms with E-state index in [9.17, 15) is 14.0 Å². The molecule has 0 bridgehead atoms. The van der Waals surface area contributed by atoms with Crippen molar-refractivity contribution in [3.8, 4) is 0 Å². The number of nitrogens with one attached hydrogen (secondary N) is 1. The van der Waals surface area contributed by atoms with Gasteiger partial charge in [0.25, 0.3) is 0 Å². The smallest absolute Gasteiger partial charge is 0.313 e. The van der Waals surface area contributed by atoms with E-state index in [1.165, 1.54) is 21.9 Å². The number of carbonyl (C=O) groups excluding carboxylic acids is 2. The molecule has 1 fully saturated rings. The highest BCUT2D eigenvalue weighted by atomic mass is 19.1. The molecule has 3 amide bonds. The summed E-state index contributed by atoms with van der Waals surface area (Å²) in [4.78, 5) is 31.5. The van der Waals surface area contributed by atoms with Crippen LogP contribution >= 0.6 is 0 Å². The molecule has 24 heavy (non-hydrogen) atoms. The van der Waals surface area contributed by atoms with Crippen LogP contribution in [0.4, 0.5) is 20.7 Å². The average Bonchev–Trinajstić information content (AvgIpc) is 2.89. The van der Waals surface area contributed by atoms with Crippen molar-refractivity contribution >= 4 is 23.4 Å². The Hall–Kier alpha value is -2.96. The Labute approximate surface area is 138 Å². The van der Waals surface area contributed by atoms with E-state index in [4.69, 9.17) is 0 Å². The summed E-state index contributed by atoms with van der Waals surface area (Å²) < 4.78 is 13.0. The molecule has 0 spiro atoms. The maximum atomic E-state index is 13.0. The number of hydrogen-bond acceptors (Lipinski definition) is 3. The quantitative estimate of drug-likeness (QED) is 0.937. The third-order valence-electron chi connectivity index (χ3n) is 3.75. The molecule has 2 heterocycles. The molecule has 1 aromatic carbocycles. The normalized spacial score (nSPS) is 14.2. The second-order valence-corrected chi connectivity index (χ2v) is 5.60. The number of benzene rings is 1. The van der Waals surface area contributed by atoms with E-state index in [1.807, 2.05) is 13.0 Å². The molecule has 0 aliphatic carbocycles. The van der Waals surface area contributed by atoms with Gasteiger partial charge >= 0.3 is 6.03 Å². The van der Waals surface area contributed by atoms with Crippen LogP contribution in [0.1, 0.15) is 5.56 Å². The summed E-state index contributed by atoms with van der Waals surface area (Å²) in [5.74, 6) is -0.197. The molecular weight excluding hydrogens is 311 g/mol. The second kappa shape index (κ2) is 6.66. The minimum Gasteiger partial charge on any atom is -0.313 e. The number of amides is 3. The third kappa shape index (κ3) is 3.51. The van der Waals surface area contributed by atoms with E-state index in [2.05, 4.69) is 10.3 Å². The molecule has 124 valence electrons. The molecule has 1 N–H and O–H groups in total. The maximum Gasteiger partial charge on any atom is 0.325 e. The summed E-state index contributed by atoms with van der Waals surface area (Å²) in [5.41, 5.74) is 1.60. The van der Waals surface area contributed by atoms with Gasteiger partial charge in [-0.3, -0.25) is 9.69 Å². The summed E-state index contributed by atoms with van der Waals surface area (Å²) in [5, 5.41) is 2.68. The van der Waals surface area contributed by atoms with Crippen molar-refractivity contribution in [3.63, 3.8) is 0 Å². The lowest BCUT2D eigenvalue weighted by Crippen LogP contribution is -2.37. The Morgan fingerprint density at radius 2 is 2.00 bits per heavy atom. The van der Waals surface area contributed by atoms with Crippen LogP contribution in [0, 0.1) is 12.7 Å². The van der Waals surface area contributed by atoms with Crippen LogP contribution in [0.2, 0.25) is 0 Å². The molecule has 0 saturated carbocycles. The summed E-state index contributed by atoms with van der Waals surface area (Å²) >= 11 is 0. The third-order valence-corrected chi connectivity index (χ3v) is 3.75. The summed E-state index contributed by atoms with van der Waals surface area (Å²) in [6, 6.07) is 9.03. The van der Waals surface area contributed by atoms with Gasteiger partial charge in [0.15, 0.2) is 0 Å². The van der Waals surface area contributed by atoms with Gasteiger partial charge in [0.1, 0.15) is 18.2 Å². The molecule has 7 heteroatoms. The zero-order valence-electron chi connectivity index (χ0n) is 13.2. The van der Waals surface area contributed by atoms with Crippen LogP contribution in [0.5, 0.6) is 0 Å². The molecule has 0 unspecified atom stereocenters. The highest BCUT2D eigenvalue weighted by Gasteiger charge is 2.30. The fraction of sp³-hybridized carbons (Fsp3) is 0.235. The van der Waals surface area contributed by atoms with Crippen molar-refractivity contribution in [2.75, 3.05) is 29.9 Å². The van der Waals surface area contributed by atoms with Crippen molar-refractivity contribution in [1.29, 1.82) is 0 Å². The van der Waals surface area contributed by atoms with Crippen LogP contribution in [0.3, 0.4) is 0 Å². The lowest BCUT2D eigenvalue weighted by atomic mass is 10.3. The fourth-order valence-electron chi connectivity index (χ4n) is 2.55. The number of halogens is 1. The first kappa shape index (κ1) is 15.9. The van der Waals surface area contributed by atoms with Gasteiger partial charge in [-0.25, -0.2) is 14.2 Å². The van der Waals surface area contributed by atoms with Crippen molar-refractivity contribution in [1.82, 2.24) is 9.88 Å². The maximum absolute atomic E-state index is 13.0. The minimum absolute atomic E-state index is 0.0495. The molecule has 2 aromatic rings. The summed E-state index contributed by atoms with van der Waals surface area (Å²) in [6.45, 7) is 2.75. The Kier molecular flexibility index (Phi) is 4.41. The number of aromatic nitrogens is 1. The van der Waals surface area contributed by atoms with E-state index in [-0.39, 0.29) is 24.3 Å². The molecule has 1 aromatic heterocycles. The van der Waals surface area contributed by atoms with E-state index in [0.717, 1.165) is 5.56 Å². The number of aryl methyl sites for hydroxylation is 1. The number of anilines is 2. The van der Waals surface area contributed by atoms with Crippen LogP contribution in [-0.2, 0) is 4.79 Å². The van der Waals surface area contributed by atoms with Crippen molar-refractivity contribution in [2.45, 2.75) is 6.92 Å². The summed E-state index contributed by atoms with van der Waals surface area (Å²) in [7, 11) is 0. The number of nitrogens with zero attached hydrogens (tertiary/aromatic N) is 3. The van der Waals surface area contributed by atoms with Crippen molar-refractivity contribution in [3.05, 3.63) is 54.0 Å². The SMILES string of the molecule is Cc1ccnc(NC(=O)CN2CCN(c3ccc(F)cc3)C2=O)c1. The standard InChI is InChI=1S/C17H17FN4O2/c1-12-6-7-19-15(10-12)20-16(23)11-21-8-9-22(17(21)24)14-4-2-13(18)3-5-14/h2-7,10H,8-9,11H2,1H3,(H,19,20,23). The molecule has 0 atom stereocenters. The number of pyridine rings is 1. The minimum atomic E-state index is -0.354. The average molecular weight is 328 g/mol. The van der Waals surface area contributed by atoms with Gasteiger partial charge in [-0.2, -0.15) is 0 Å². The van der Waals surface area contributed by atoms with Gasteiger partial charge in [0, 0.05) is 25.0 Å². The van der Waals surface area contributed by atoms with Gasteiger partial charge in [-0.1, -0.05) is 0 Å². The lowest BCUT2D eigenvalue weighted by molar-refractivity contribution is -0.116. The summed E-state index contributed by atoms with van der Waals surface area (Å²) in [6.07, 6.45) is 1.61. The van der Waals surface area contributed by atoms with E-state index >= 15 is 0 Å². The van der Waals surface area contributed by atoms with Crippen LogP contribution < -0.4 is 10.2 Å². The van der Waals surface area contributed by atoms with Gasteiger partial charge in [0.05, 0.1) is 0 Å². The zero-order valence-corrected chi connectivity index (χ0v) is 13.2. The first-order valence-electron chi connectivity index (χ1n) is 7.57. The second-order valence-electron chi connectivity index (χ2n) is 5.60. The molecule has 1 aliphatic rings. The van der Waals surface area contributed by atoms with Gasteiger partial charge in [-0.15, -0.1) is 0 Å². The predicted octanol–water partition coefficient (Wildman–Crippen LogP) is 2.41. The Bertz CT molecular complexity index is 763.